The third kappa shape index (κ3) is 2.29. The maximum Gasteiger partial charge on any atom is 0.278 e. The fourth-order valence-corrected chi connectivity index (χ4v) is 3.30. The van der Waals surface area contributed by atoms with Crippen LogP contribution in [0.1, 0.15) is 38.6 Å². The van der Waals surface area contributed by atoms with E-state index < -0.39 is 17.5 Å². The van der Waals surface area contributed by atoms with Crippen LogP contribution in [0.4, 0.5) is 4.39 Å². The van der Waals surface area contributed by atoms with Crippen LogP contribution in [-0.2, 0) is 20.9 Å². The van der Waals surface area contributed by atoms with Gasteiger partial charge in [0.1, 0.15) is 28.2 Å². The Labute approximate surface area is 131 Å². The number of carbonyl (C=O) groups is 2. The van der Waals surface area contributed by atoms with E-state index in [0.29, 0.717) is 18.7 Å². The van der Waals surface area contributed by atoms with Gasteiger partial charge in [0.25, 0.3) is 11.5 Å². The van der Waals surface area contributed by atoms with Gasteiger partial charge in [-0.1, -0.05) is 0 Å². The highest BCUT2D eigenvalue weighted by Gasteiger charge is 2.33. The minimum absolute atomic E-state index is 0.148. The van der Waals surface area contributed by atoms with Crippen molar-refractivity contribution in [2.75, 3.05) is 7.11 Å². The summed E-state index contributed by atoms with van der Waals surface area (Å²) < 4.78 is 22.4. The molecule has 2 aliphatic rings. The van der Waals surface area contributed by atoms with Gasteiger partial charge in [0, 0.05) is 25.8 Å². The first-order valence-corrected chi connectivity index (χ1v) is 7.60. The molecule has 0 radical (unpaired) electrons. The number of aromatic nitrogens is 2. The Bertz CT molecular complexity index is 865. The zero-order chi connectivity index (χ0) is 16.7. The first-order valence-electron chi connectivity index (χ1n) is 7.60. The van der Waals surface area contributed by atoms with Gasteiger partial charge in [-0.25, -0.2) is 9.07 Å². The molecule has 1 aliphatic heterocycles. The largest absolute Gasteiger partial charge is 0.500 e. The molecule has 1 N–H and O–H groups in total. The van der Waals surface area contributed by atoms with Crippen molar-refractivity contribution in [3.8, 4) is 0 Å². The minimum atomic E-state index is -0.823. The van der Waals surface area contributed by atoms with Crippen molar-refractivity contribution in [1.29, 1.82) is 0 Å². The molecular weight excluding hydrogens is 305 g/mol. The number of rotatable bonds is 3. The van der Waals surface area contributed by atoms with E-state index in [1.165, 1.54) is 16.5 Å². The van der Waals surface area contributed by atoms with Gasteiger partial charge in [0.2, 0.25) is 5.91 Å². The Balaban J connectivity index is 2.33. The van der Waals surface area contributed by atoms with Gasteiger partial charge in [-0.2, -0.15) is 0 Å². The van der Waals surface area contributed by atoms with E-state index in [0.717, 1.165) is 0 Å². The van der Waals surface area contributed by atoms with Gasteiger partial charge >= 0.3 is 0 Å². The molecule has 1 unspecified atom stereocenters. The Hall–Kier alpha value is -2.38. The number of fused-ring (bicyclic) bond motifs is 1. The predicted octanol–water partition coefficient (Wildman–Crippen LogP) is -0.726. The van der Waals surface area contributed by atoms with Crippen LogP contribution in [0.25, 0.3) is 11.6 Å². The SMILES string of the molecule is CCn1c2c(c(=O)n1C1CCC(=O)NC1=O)=C(OC)CCC=2F. The number of methoxy groups -OCH3 is 1. The number of hydrogen-bond acceptors (Lipinski definition) is 4. The van der Waals surface area contributed by atoms with Crippen molar-refractivity contribution in [2.45, 2.75) is 45.2 Å². The molecule has 1 fully saturated rings. The molecule has 1 aromatic rings. The number of nitrogens with one attached hydrogen (secondary N) is 1. The highest BCUT2D eigenvalue weighted by atomic mass is 19.1. The Morgan fingerprint density at radius 3 is 2.61 bits per heavy atom. The van der Waals surface area contributed by atoms with Crippen molar-refractivity contribution < 1.29 is 18.7 Å². The first-order chi connectivity index (χ1) is 11.0. The van der Waals surface area contributed by atoms with E-state index in [9.17, 15) is 18.8 Å². The first kappa shape index (κ1) is 15.5. The van der Waals surface area contributed by atoms with Gasteiger partial charge < -0.3 is 4.74 Å². The van der Waals surface area contributed by atoms with E-state index in [1.807, 2.05) is 0 Å². The molecule has 1 aliphatic carbocycles. The zero-order valence-corrected chi connectivity index (χ0v) is 13.0. The van der Waals surface area contributed by atoms with E-state index >= 15 is 0 Å². The second-order valence-corrected chi connectivity index (χ2v) is 5.59. The molecule has 1 saturated heterocycles. The molecule has 8 heteroatoms. The van der Waals surface area contributed by atoms with Crippen LogP contribution in [-0.4, -0.2) is 28.3 Å². The lowest BCUT2D eigenvalue weighted by atomic mass is 10.1. The van der Waals surface area contributed by atoms with Crippen LogP contribution in [0, 0.1) is 0 Å². The summed E-state index contributed by atoms with van der Waals surface area (Å²) >= 11 is 0. The molecule has 1 aromatic heterocycles. The number of ether oxygens (including phenoxy) is 1. The summed E-state index contributed by atoms with van der Waals surface area (Å²) in [6, 6.07) is -0.823. The lowest BCUT2D eigenvalue weighted by molar-refractivity contribution is -0.136. The Kier molecular flexibility index (Phi) is 3.83. The van der Waals surface area contributed by atoms with E-state index in [4.69, 9.17) is 4.74 Å². The van der Waals surface area contributed by atoms with Crippen LogP contribution in [0.5, 0.6) is 0 Å². The Morgan fingerprint density at radius 2 is 2.00 bits per heavy atom. The topological polar surface area (TPSA) is 82.3 Å². The second kappa shape index (κ2) is 5.68. The monoisotopic (exact) mass is 323 g/mol. The standard InChI is InChI=1S/C15H18FN3O4/c1-3-18-13-8(16)4-6-10(23-2)12(13)15(22)19(18)9-5-7-11(20)17-14(9)21/h9H,3-7H2,1-2H3,(H,17,20,21). The third-order valence-corrected chi connectivity index (χ3v) is 4.34. The average Bonchev–Trinajstić information content (AvgIpc) is 2.82. The number of carbonyl (C=O) groups excluding carboxylic acids is 2. The van der Waals surface area contributed by atoms with E-state index in [-0.39, 0.29) is 41.6 Å². The highest BCUT2D eigenvalue weighted by molar-refractivity contribution is 5.99. The van der Waals surface area contributed by atoms with Crippen molar-refractivity contribution in [3.05, 3.63) is 20.9 Å². The van der Waals surface area contributed by atoms with Crippen molar-refractivity contribution in [1.82, 2.24) is 14.7 Å². The number of nitrogens with zero attached hydrogens (tertiary/aromatic N) is 2. The number of imide groups is 1. The summed E-state index contributed by atoms with van der Waals surface area (Å²) in [5.41, 5.74) is -0.456. The average molecular weight is 323 g/mol. The Morgan fingerprint density at radius 1 is 1.26 bits per heavy atom. The molecule has 1 atom stereocenters. The summed E-state index contributed by atoms with van der Waals surface area (Å²) in [6.45, 7) is 2.10. The summed E-state index contributed by atoms with van der Waals surface area (Å²) in [7, 11) is 1.45. The van der Waals surface area contributed by atoms with Crippen LogP contribution in [0.15, 0.2) is 4.79 Å². The summed E-state index contributed by atoms with van der Waals surface area (Å²) in [5, 5.41) is 2.60. The molecule has 124 valence electrons. The fraction of sp³-hybridized carbons (Fsp3) is 0.533. The molecule has 3 rings (SSSR count). The predicted molar refractivity (Wildman–Crippen MR) is 79.2 cm³/mol. The molecule has 0 aromatic carbocycles. The van der Waals surface area contributed by atoms with Crippen LogP contribution in [0.2, 0.25) is 0 Å². The molecule has 7 nitrogen and oxygen atoms in total. The smallest absolute Gasteiger partial charge is 0.278 e. The minimum Gasteiger partial charge on any atom is -0.500 e. The molecule has 0 spiro atoms. The van der Waals surface area contributed by atoms with Crippen molar-refractivity contribution in [2.24, 2.45) is 0 Å². The van der Waals surface area contributed by atoms with Gasteiger partial charge in [-0.05, 0) is 13.3 Å². The summed E-state index contributed by atoms with van der Waals surface area (Å²) in [5.74, 6) is -0.849. The lowest BCUT2D eigenvalue weighted by Crippen LogP contribution is -2.46. The normalized spacial score (nSPS) is 21.3. The van der Waals surface area contributed by atoms with E-state index in [2.05, 4.69) is 5.32 Å². The molecule has 2 heterocycles. The van der Waals surface area contributed by atoms with Crippen LogP contribution >= 0.6 is 0 Å². The quantitative estimate of drug-likeness (QED) is 0.744. The van der Waals surface area contributed by atoms with Crippen molar-refractivity contribution in [3.63, 3.8) is 0 Å². The van der Waals surface area contributed by atoms with E-state index in [1.54, 1.807) is 6.92 Å². The van der Waals surface area contributed by atoms with Crippen LogP contribution in [0.3, 0.4) is 0 Å². The van der Waals surface area contributed by atoms with Crippen molar-refractivity contribution >= 4 is 23.4 Å². The highest BCUT2D eigenvalue weighted by Crippen LogP contribution is 2.18. The van der Waals surface area contributed by atoms with Gasteiger partial charge in [0.15, 0.2) is 0 Å². The molecule has 23 heavy (non-hydrogen) atoms. The number of amides is 2. The molecule has 2 amide bonds. The van der Waals surface area contributed by atoms with Gasteiger partial charge in [0.05, 0.1) is 7.11 Å². The number of halogens is 1. The lowest BCUT2D eigenvalue weighted by Gasteiger charge is -2.24. The van der Waals surface area contributed by atoms with Gasteiger partial charge in [-0.3, -0.25) is 24.4 Å². The second-order valence-electron chi connectivity index (χ2n) is 5.59. The zero-order valence-electron chi connectivity index (χ0n) is 13.0. The maximum absolute atomic E-state index is 14.4. The van der Waals surface area contributed by atoms with Gasteiger partial charge in [-0.15, -0.1) is 0 Å². The maximum atomic E-state index is 14.4. The number of piperidine rings is 1. The molecular formula is C15H18FN3O4. The summed E-state index contributed by atoms with van der Waals surface area (Å²) in [4.78, 5) is 36.3. The third-order valence-electron chi connectivity index (χ3n) is 4.34. The number of hydrogen-bond donors (Lipinski definition) is 1. The fourth-order valence-electron chi connectivity index (χ4n) is 3.30. The van der Waals surface area contributed by atoms with Crippen LogP contribution < -0.4 is 21.4 Å². The molecule has 0 saturated carbocycles. The molecule has 0 bridgehead atoms. The summed E-state index contributed by atoms with van der Waals surface area (Å²) in [6.07, 6.45) is 0.843.